The highest BCUT2D eigenvalue weighted by molar-refractivity contribution is 6.32. The second kappa shape index (κ2) is 9.08. The molecule has 0 saturated carbocycles. The van der Waals surface area contributed by atoms with Crippen LogP contribution in [0.25, 0.3) is 0 Å². The van der Waals surface area contributed by atoms with Gasteiger partial charge in [-0.2, -0.15) is 0 Å². The minimum Gasteiger partial charge on any atom is -0.495 e. The van der Waals surface area contributed by atoms with Crippen LogP contribution >= 0.6 is 11.6 Å². The molecule has 0 aliphatic heterocycles. The second-order valence-corrected chi connectivity index (χ2v) is 5.89. The highest BCUT2D eigenvalue weighted by Crippen LogP contribution is 2.25. The summed E-state index contributed by atoms with van der Waals surface area (Å²) in [5.41, 5.74) is 1.66. The second-order valence-electron chi connectivity index (χ2n) is 5.48. The summed E-state index contributed by atoms with van der Waals surface area (Å²) in [5, 5.41) is 3.17. The molecule has 0 saturated heterocycles. The van der Waals surface area contributed by atoms with E-state index in [1.807, 2.05) is 30.3 Å². The minimum atomic E-state index is -0.786. The van der Waals surface area contributed by atoms with Crippen molar-refractivity contribution in [1.82, 2.24) is 5.32 Å². The van der Waals surface area contributed by atoms with Crippen molar-refractivity contribution in [3.8, 4) is 5.75 Å². The molecule has 2 aromatic rings. The highest BCUT2D eigenvalue weighted by Gasteiger charge is 2.22. The average Bonchev–Trinajstić information content (AvgIpc) is 2.61. The molecule has 0 heterocycles. The number of ether oxygens (including phenoxy) is 2. The summed E-state index contributed by atoms with van der Waals surface area (Å²) >= 11 is 6.11. The number of carbonyl (C=O) groups excluding carboxylic acids is 2. The van der Waals surface area contributed by atoms with E-state index < -0.39 is 12.0 Å². The lowest BCUT2D eigenvalue weighted by atomic mass is 10.0. The van der Waals surface area contributed by atoms with Gasteiger partial charge in [0.25, 0.3) is 0 Å². The fraction of sp³-hybridized carbons (Fsp3) is 0.263. The Bertz CT molecular complexity index is 733. The van der Waals surface area contributed by atoms with E-state index in [9.17, 15) is 9.59 Å². The molecule has 25 heavy (non-hydrogen) atoms. The summed E-state index contributed by atoms with van der Waals surface area (Å²) in [6.07, 6.45) is 0.467. The summed E-state index contributed by atoms with van der Waals surface area (Å²) in [6.45, 7) is 0. The number of methoxy groups -OCH3 is 2. The topological polar surface area (TPSA) is 64.6 Å². The standard InChI is InChI=1S/C19H20ClNO4/c1-24-17-9-8-14(10-15(17)20)11-16(19(23)25-2)21-18(22)12-13-6-4-3-5-7-13/h3-10,16H,11-12H2,1-2H3,(H,21,22)/t16-/m1/s1. The number of amides is 1. The van der Waals surface area contributed by atoms with Crippen LogP contribution in [0.15, 0.2) is 48.5 Å². The Morgan fingerprint density at radius 1 is 1.08 bits per heavy atom. The molecule has 2 aromatic carbocycles. The average molecular weight is 362 g/mol. The van der Waals surface area contributed by atoms with E-state index in [4.69, 9.17) is 21.1 Å². The zero-order chi connectivity index (χ0) is 18.2. The molecule has 1 amide bonds. The van der Waals surface area contributed by atoms with E-state index in [1.54, 1.807) is 18.2 Å². The Labute approximate surface area is 151 Å². The zero-order valence-electron chi connectivity index (χ0n) is 14.1. The van der Waals surface area contributed by atoms with Gasteiger partial charge in [-0.3, -0.25) is 4.79 Å². The maximum atomic E-state index is 12.2. The van der Waals surface area contributed by atoms with E-state index in [-0.39, 0.29) is 18.7 Å². The van der Waals surface area contributed by atoms with Crippen molar-refractivity contribution in [1.29, 1.82) is 0 Å². The van der Waals surface area contributed by atoms with Crippen LogP contribution in [-0.2, 0) is 27.2 Å². The first kappa shape index (κ1) is 18.8. The predicted octanol–water partition coefficient (Wildman–Crippen LogP) is 2.79. The number of carbonyl (C=O) groups is 2. The Kier molecular flexibility index (Phi) is 6.83. The first-order valence-corrected chi connectivity index (χ1v) is 8.14. The lowest BCUT2D eigenvalue weighted by molar-refractivity contribution is -0.145. The van der Waals surface area contributed by atoms with Gasteiger partial charge in [0.15, 0.2) is 0 Å². The highest BCUT2D eigenvalue weighted by atomic mass is 35.5. The summed E-state index contributed by atoms with van der Waals surface area (Å²) in [5.74, 6) is -0.206. The summed E-state index contributed by atoms with van der Waals surface area (Å²) in [4.78, 5) is 24.3. The number of esters is 1. The molecule has 6 heteroatoms. The monoisotopic (exact) mass is 361 g/mol. The van der Waals surface area contributed by atoms with Crippen molar-refractivity contribution in [3.63, 3.8) is 0 Å². The summed E-state index contributed by atoms with van der Waals surface area (Å²) < 4.78 is 9.91. The van der Waals surface area contributed by atoms with Crippen molar-refractivity contribution in [2.75, 3.05) is 14.2 Å². The Morgan fingerprint density at radius 2 is 1.80 bits per heavy atom. The number of hydrogen-bond donors (Lipinski definition) is 1. The number of nitrogens with one attached hydrogen (secondary N) is 1. The molecule has 0 bridgehead atoms. The smallest absolute Gasteiger partial charge is 0.328 e. The number of benzene rings is 2. The molecule has 0 unspecified atom stereocenters. The summed E-state index contributed by atoms with van der Waals surface area (Å²) in [7, 11) is 2.82. The van der Waals surface area contributed by atoms with E-state index in [1.165, 1.54) is 14.2 Å². The molecule has 132 valence electrons. The van der Waals surface area contributed by atoms with Crippen LogP contribution in [0.2, 0.25) is 5.02 Å². The van der Waals surface area contributed by atoms with Gasteiger partial charge in [0.1, 0.15) is 11.8 Å². The maximum Gasteiger partial charge on any atom is 0.328 e. The first-order chi connectivity index (χ1) is 12.0. The summed E-state index contributed by atoms with van der Waals surface area (Å²) in [6, 6.07) is 13.8. The molecular weight excluding hydrogens is 342 g/mol. The van der Waals surface area contributed by atoms with Crippen LogP contribution in [0.5, 0.6) is 5.75 Å². The number of hydrogen-bond acceptors (Lipinski definition) is 4. The van der Waals surface area contributed by atoms with Crippen LogP contribution in [0.4, 0.5) is 0 Å². The van der Waals surface area contributed by atoms with Crippen LogP contribution in [0, 0.1) is 0 Å². The van der Waals surface area contributed by atoms with Gasteiger partial charge >= 0.3 is 5.97 Å². The Hall–Kier alpha value is -2.53. The molecule has 0 aliphatic rings. The molecule has 0 aromatic heterocycles. The third kappa shape index (κ3) is 5.50. The Balaban J connectivity index is 2.07. The molecule has 5 nitrogen and oxygen atoms in total. The van der Waals surface area contributed by atoms with E-state index in [0.29, 0.717) is 10.8 Å². The van der Waals surface area contributed by atoms with Gasteiger partial charge in [-0.05, 0) is 23.3 Å². The third-order valence-electron chi connectivity index (χ3n) is 3.68. The van der Waals surface area contributed by atoms with Crippen LogP contribution < -0.4 is 10.1 Å². The third-order valence-corrected chi connectivity index (χ3v) is 3.98. The molecule has 1 N–H and O–H groups in total. The van der Waals surface area contributed by atoms with Crippen LogP contribution in [0.1, 0.15) is 11.1 Å². The lowest BCUT2D eigenvalue weighted by Crippen LogP contribution is -2.43. The van der Waals surface area contributed by atoms with Crippen molar-refractivity contribution in [2.24, 2.45) is 0 Å². The molecular formula is C19H20ClNO4. The van der Waals surface area contributed by atoms with E-state index >= 15 is 0 Å². The first-order valence-electron chi connectivity index (χ1n) is 7.77. The normalized spacial score (nSPS) is 11.5. The molecule has 2 rings (SSSR count). The van der Waals surface area contributed by atoms with Gasteiger partial charge in [-0.15, -0.1) is 0 Å². The van der Waals surface area contributed by atoms with Crippen LogP contribution in [0.3, 0.4) is 0 Å². The van der Waals surface area contributed by atoms with Gasteiger partial charge in [0.05, 0.1) is 25.7 Å². The largest absolute Gasteiger partial charge is 0.495 e. The van der Waals surface area contributed by atoms with Gasteiger partial charge < -0.3 is 14.8 Å². The van der Waals surface area contributed by atoms with E-state index in [0.717, 1.165) is 11.1 Å². The van der Waals surface area contributed by atoms with Gasteiger partial charge in [-0.1, -0.05) is 48.0 Å². The predicted molar refractivity (Wildman–Crippen MR) is 95.8 cm³/mol. The fourth-order valence-electron chi connectivity index (χ4n) is 2.43. The van der Waals surface area contributed by atoms with Crippen LogP contribution in [-0.4, -0.2) is 32.1 Å². The van der Waals surface area contributed by atoms with Gasteiger partial charge in [0.2, 0.25) is 5.91 Å². The zero-order valence-corrected chi connectivity index (χ0v) is 14.9. The fourth-order valence-corrected chi connectivity index (χ4v) is 2.72. The number of halogens is 1. The minimum absolute atomic E-state index is 0.192. The molecule has 0 radical (unpaired) electrons. The quantitative estimate of drug-likeness (QED) is 0.770. The molecule has 0 aliphatic carbocycles. The molecule has 0 spiro atoms. The number of rotatable bonds is 7. The molecule has 0 fully saturated rings. The van der Waals surface area contributed by atoms with E-state index in [2.05, 4.69) is 5.32 Å². The SMILES string of the molecule is COC(=O)[C@@H](Cc1ccc(OC)c(Cl)c1)NC(=O)Cc1ccccc1. The van der Waals surface area contributed by atoms with Crippen molar-refractivity contribution >= 4 is 23.5 Å². The van der Waals surface area contributed by atoms with Crippen molar-refractivity contribution in [2.45, 2.75) is 18.9 Å². The van der Waals surface area contributed by atoms with Crippen molar-refractivity contribution < 1.29 is 19.1 Å². The Morgan fingerprint density at radius 3 is 2.40 bits per heavy atom. The lowest BCUT2D eigenvalue weighted by Gasteiger charge is -2.17. The van der Waals surface area contributed by atoms with Gasteiger partial charge in [-0.25, -0.2) is 4.79 Å². The van der Waals surface area contributed by atoms with Crippen molar-refractivity contribution in [3.05, 3.63) is 64.7 Å². The van der Waals surface area contributed by atoms with Gasteiger partial charge in [0, 0.05) is 6.42 Å². The maximum absolute atomic E-state index is 12.2. The molecule has 1 atom stereocenters.